The van der Waals surface area contributed by atoms with Crippen LogP contribution in [0, 0.1) is 0 Å². The lowest BCUT2D eigenvalue weighted by Crippen LogP contribution is -2.51. The first-order valence-corrected chi connectivity index (χ1v) is 11.9. The number of ether oxygens (including phenoxy) is 1. The normalized spacial score (nSPS) is 17.3. The molecule has 1 saturated heterocycles. The van der Waals surface area contributed by atoms with Crippen LogP contribution >= 0.6 is 0 Å². The molecule has 4 nitrogen and oxygen atoms in total. The van der Waals surface area contributed by atoms with Gasteiger partial charge < -0.3 is 4.74 Å². The van der Waals surface area contributed by atoms with Gasteiger partial charge in [-0.15, -0.1) is 0 Å². The van der Waals surface area contributed by atoms with E-state index >= 15 is 0 Å². The number of carbonyl (C=O) groups is 1. The Bertz CT molecular complexity index is 943. The SMILES string of the molecule is CCCCCCCCCOc1ccc2ccccc2c1[C@H](N1NC(=O)CC1(C)C)C(F)(F)F. The van der Waals surface area contributed by atoms with E-state index in [2.05, 4.69) is 12.3 Å². The Hall–Kier alpha value is -2.28. The highest BCUT2D eigenvalue weighted by Crippen LogP contribution is 2.48. The zero-order chi connectivity index (χ0) is 24.1. The van der Waals surface area contributed by atoms with Gasteiger partial charge in [0.2, 0.25) is 5.91 Å². The molecule has 2 aromatic rings. The number of fused-ring (bicyclic) bond motifs is 1. The molecule has 0 bridgehead atoms. The van der Waals surface area contributed by atoms with E-state index in [1.54, 1.807) is 50.2 Å². The molecule has 2 aromatic carbocycles. The van der Waals surface area contributed by atoms with E-state index < -0.39 is 23.7 Å². The van der Waals surface area contributed by atoms with Crippen molar-refractivity contribution in [2.45, 2.75) is 89.9 Å². The first-order chi connectivity index (χ1) is 15.6. The number of carbonyl (C=O) groups excluding carboxylic acids is 1. The Morgan fingerprint density at radius 1 is 1.03 bits per heavy atom. The number of hydrazine groups is 1. The van der Waals surface area contributed by atoms with Crippen LogP contribution in [0.5, 0.6) is 5.75 Å². The monoisotopic (exact) mass is 464 g/mol. The average Bonchev–Trinajstić information content (AvgIpc) is 3.01. The molecule has 0 spiro atoms. The third-order valence-electron chi connectivity index (χ3n) is 6.27. The number of alkyl halides is 3. The highest BCUT2D eigenvalue weighted by Gasteiger charge is 2.54. The quantitative estimate of drug-likeness (QED) is 0.361. The molecule has 33 heavy (non-hydrogen) atoms. The average molecular weight is 465 g/mol. The van der Waals surface area contributed by atoms with E-state index in [4.69, 9.17) is 4.74 Å². The summed E-state index contributed by atoms with van der Waals surface area (Å²) in [5.74, 6) is -0.195. The number of amides is 1. The van der Waals surface area contributed by atoms with Crippen molar-refractivity contribution >= 4 is 16.7 Å². The number of rotatable bonds is 11. The van der Waals surface area contributed by atoms with E-state index in [1.165, 1.54) is 25.7 Å². The Labute approximate surface area is 194 Å². The maximum atomic E-state index is 14.6. The van der Waals surface area contributed by atoms with Gasteiger partial charge in [0.1, 0.15) is 5.75 Å². The predicted molar refractivity (Wildman–Crippen MR) is 125 cm³/mol. The number of halogens is 3. The molecule has 1 heterocycles. The van der Waals surface area contributed by atoms with Crippen LogP contribution in [0.3, 0.4) is 0 Å². The largest absolute Gasteiger partial charge is 0.493 e. The van der Waals surface area contributed by atoms with Gasteiger partial charge in [-0.3, -0.25) is 10.2 Å². The molecule has 182 valence electrons. The first-order valence-electron chi connectivity index (χ1n) is 11.9. The molecule has 7 heteroatoms. The number of nitrogens with one attached hydrogen (secondary N) is 1. The summed E-state index contributed by atoms with van der Waals surface area (Å²) in [6, 6.07) is 8.41. The molecule has 3 rings (SSSR count). The van der Waals surface area contributed by atoms with Crippen LogP contribution in [-0.2, 0) is 4.79 Å². The minimum atomic E-state index is -4.61. The zero-order valence-corrected chi connectivity index (χ0v) is 19.8. The first kappa shape index (κ1) is 25.3. The summed E-state index contributed by atoms with van der Waals surface area (Å²) in [7, 11) is 0. The van der Waals surface area contributed by atoms with Crippen LogP contribution < -0.4 is 10.2 Å². The van der Waals surface area contributed by atoms with Gasteiger partial charge in [0.05, 0.1) is 6.61 Å². The van der Waals surface area contributed by atoms with Crippen molar-refractivity contribution in [3.05, 3.63) is 42.0 Å². The van der Waals surface area contributed by atoms with E-state index in [1.807, 2.05) is 0 Å². The standard InChI is InChI=1S/C26H35F3N2O2/c1-4-5-6-7-8-9-12-17-33-21-16-15-19-13-10-11-14-20(19)23(21)24(26(27,28)29)31-25(2,3)18-22(32)30-31/h10-11,13-16,24H,4-9,12,17-18H2,1-3H3,(H,30,32)/t24-/m0/s1. The van der Waals surface area contributed by atoms with Crippen LogP contribution in [-0.4, -0.2) is 29.2 Å². The van der Waals surface area contributed by atoms with Crippen molar-refractivity contribution < 1.29 is 22.7 Å². The van der Waals surface area contributed by atoms with Crippen LogP contribution in [0.25, 0.3) is 10.8 Å². The van der Waals surface area contributed by atoms with Crippen molar-refractivity contribution in [2.24, 2.45) is 0 Å². The highest BCUT2D eigenvalue weighted by atomic mass is 19.4. The second kappa shape index (κ2) is 10.8. The van der Waals surface area contributed by atoms with Crippen molar-refractivity contribution in [1.29, 1.82) is 0 Å². The van der Waals surface area contributed by atoms with E-state index in [0.717, 1.165) is 24.3 Å². The topological polar surface area (TPSA) is 41.6 Å². The molecule has 1 fully saturated rings. The number of nitrogens with zero attached hydrogens (tertiary/aromatic N) is 1. The Morgan fingerprint density at radius 2 is 1.70 bits per heavy atom. The van der Waals surface area contributed by atoms with Crippen molar-refractivity contribution in [3.8, 4) is 5.75 Å². The summed E-state index contributed by atoms with van der Waals surface area (Å²) in [6.45, 7) is 5.83. The van der Waals surface area contributed by atoms with Crippen LogP contribution in [0.1, 0.15) is 83.7 Å². The van der Waals surface area contributed by atoms with Crippen LogP contribution in [0.15, 0.2) is 36.4 Å². The maximum Gasteiger partial charge on any atom is 0.410 e. The van der Waals surface area contributed by atoms with Crippen LogP contribution in [0.2, 0.25) is 0 Å². The van der Waals surface area contributed by atoms with Gasteiger partial charge in [0.15, 0.2) is 6.04 Å². The fourth-order valence-electron chi connectivity index (χ4n) is 4.58. The van der Waals surface area contributed by atoms with Gasteiger partial charge in [-0.05, 0) is 37.1 Å². The van der Waals surface area contributed by atoms with Gasteiger partial charge >= 0.3 is 6.18 Å². The number of benzene rings is 2. The smallest absolute Gasteiger partial charge is 0.410 e. The Morgan fingerprint density at radius 3 is 2.33 bits per heavy atom. The Kier molecular flexibility index (Phi) is 8.27. The number of unbranched alkanes of at least 4 members (excludes halogenated alkanes) is 6. The molecule has 0 aromatic heterocycles. The molecule has 1 atom stereocenters. The summed E-state index contributed by atoms with van der Waals surface area (Å²) in [5.41, 5.74) is 1.52. The second-order valence-electron chi connectivity index (χ2n) is 9.51. The lowest BCUT2D eigenvalue weighted by Gasteiger charge is -2.38. The van der Waals surface area contributed by atoms with Crippen molar-refractivity contribution in [3.63, 3.8) is 0 Å². The van der Waals surface area contributed by atoms with Crippen molar-refractivity contribution in [1.82, 2.24) is 10.4 Å². The number of hydrogen-bond acceptors (Lipinski definition) is 3. The van der Waals surface area contributed by atoms with Crippen LogP contribution in [0.4, 0.5) is 13.2 Å². The fraction of sp³-hybridized carbons (Fsp3) is 0.577. The van der Waals surface area contributed by atoms with Gasteiger partial charge in [0, 0.05) is 17.5 Å². The molecule has 1 N–H and O–H groups in total. The molecule has 0 saturated carbocycles. The summed E-state index contributed by atoms with van der Waals surface area (Å²) < 4.78 is 49.7. The van der Waals surface area contributed by atoms with E-state index in [-0.39, 0.29) is 17.7 Å². The van der Waals surface area contributed by atoms with Gasteiger partial charge in [0.25, 0.3) is 0 Å². The second-order valence-corrected chi connectivity index (χ2v) is 9.51. The molecule has 0 radical (unpaired) electrons. The third kappa shape index (κ3) is 6.19. The Balaban J connectivity index is 1.89. The number of hydrogen-bond donors (Lipinski definition) is 1. The molecule has 0 unspecified atom stereocenters. The fourth-order valence-corrected chi connectivity index (χ4v) is 4.58. The van der Waals surface area contributed by atoms with E-state index in [9.17, 15) is 18.0 Å². The lowest BCUT2D eigenvalue weighted by molar-refractivity contribution is -0.203. The summed E-state index contributed by atoms with van der Waals surface area (Å²) in [5, 5.41) is 2.24. The maximum absolute atomic E-state index is 14.6. The highest BCUT2D eigenvalue weighted by molar-refractivity contribution is 5.88. The third-order valence-corrected chi connectivity index (χ3v) is 6.27. The molecular formula is C26H35F3N2O2. The van der Waals surface area contributed by atoms with Gasteiger partial charge in [-0.1, -0.05) is 75.8 Å². The minimum absolute atomic E-state index is 0.00142. The molecular weight excluding hydrogens is 429 g/mol. The minimum Gasteiger partial charge on any atom is -0.493 e. The van der Waals surface area contributed by atoms with E-state index in [0.29, 0.717) is 17.4 Å². The van der Waals surface area contributed by atoms with Gasteiger partial charge in [-0.2, -0.15) is 18.2 Å². The zero-order valence-electron chi connectivity index (χ0n) is 19.8. The molecule has 1 aliphatic rings. The lowest BCUT2D eigenvalue weighted by atomic mass is 9.93. The van der Waals surface area contributed by atoms with Gasteiger partial charge in [-0.25, -0.2) is 0 Å². The summed E-state index contributed by atoms with van der Waals surface area (Å²) in [4.78, 5) is 12.1. The predicted octanol–water partition coefficient (Wildman–Crippen LogP) is 7.09. The summed E-state index contributed by atoms with van der Waals surface area (Å²) in [6.07, 6.45) is 3.10. The molecule has 1 amide bonds. The molecule has 1 aliphatic heterocycles. The summed E-state index contributed by atoms with van der Waals surface area (Å²) >= 11 is 0. The van der Waals surface area contributed by atoms with Crippen molar-refractivity contribution in [2.75, 3.05) is 6.61 Å². The molecule has 0 aliphatic carbocycles.